The molecule has 268 valence electrons. The molecule has 0 aliphatic heterocycles. The highest BCUT2D eigenvalue weighted by atomic mass is 16.5. The summed E-state index contributed by atoms with van der Waals surface area (Å²) >= 11 is 0. The molecule has 0 aliphatic carbocycles. The van der Waals surface area contributed by atoms with E-state index in [4.69, 9.17) is 9.84 Å². The molecule has 0 amide bonds. The van der Waals surface area contributed by atoms with Gasteiger partial charge in [0.2, 0.25) is 0 Å². The van der Waals surface area contributed by atoms with Crippen LogP contribution in [0.3, 0.4) is 0 Å². The van der Waals surface area contributed by atoms with Gasteiger partial charge in [-0.2, -0.15) is 0 Å². The molecular weight excluding hydrogens is 556 g/mol. The lowest BCUT2D eigenvalue weighted by Crippen LogP contribution is -2.18. The fourth-order valence-corrected chi connectivity index (χ4v) is 6.54. The molecule has 0 saturated carbocycles. The third kappa shape index (κ3) is 37.3. The molecule has 1 unspecified atom stereocenters. The van der Waals surface area contributed by atoms with Crippen molar-refractivity contribution in [1.29, 1.82) is 0 Å². The molecule has 0 aromatic rings. The van der Waals surface area contributed by atoms with Crippen LogP contribution in [0.5, 0.6) is 0 Å². The van der Waals surface area contributed by atoms with Crippen molar-refractivity contribution < 1.29 is 19.4 Å². The molecule has 0 radical (unpaired) electrons. The second kappa shape index (κ2) is 37.4. The molecule has 0 rings (SSSR count). The minimum atomic E-state index is -0.696. The van der Waals surface area contributed by atoms with Gasteiger partial charge in [-0.1, -0.05) is 194 Å². The van der Waals surface area contributed by atoms with E-state index in [0.717, 1.165) is 64.2 Å². The lowest BCUT2D eigenvalue weighted by atomic mass is 10.0. The average Bonchev–Trinajstić information content (AvgIpc) is 3.02. The van der Waals surface area contributed by atoms with Gasteiger partial charge >= 0.3 is 11.9 Å². The first-order chi connectivity index (χ1) is 22.1. The zero-order chi connectivity index (χ0) is 32.9. The van der Waals surface area contributed by atoms with Crippen molar-refractivity contribution in [2.24, 2.45) is 0 Å². The number of hydrogen-bond acceptors (Lipinski definition) is 3. The van der Waals surface area contributed by atoms with E-state index in [2.05, 4.69) is 13.8 Å². The number of carboxylic acid groups (broad SMARTS) is 1. The summed E-state index contributed by atoms with van der Waals surface area (Å²) in [5.74, 6) is -0.688. The Hall–Kier alpha value is -1.06. The third-order valence-corrected chi connectivity index (χ3v) is 9.58. The number of ether oxygens (including phenoxy) is 1. The largest absolute Gasteiger partial charge is 0.481 e. The second-order valence-corrected chi connectivity index (χ2v) is 14.2. The Morgan fingerprint density at radius 2 is 0.667 bits per heavy atom. The molecule has 0 heterocycles. The first-order valence-corrected chi connectivity index (χ1v) is 20.5. The van der Waals surface area contributed by atoms with E-state index in [1.807, 2.05) is 0 Å². The quantitative estimate of drug-likeness (QED) is 0.0541. The Kier molecular flexibility index (Phi) is 36.5. The maximum atomic E-state index is 12.6. The molecule has 0 saturated heterocycles. The summed E-state index contributed by atoms with van der Waals surface area (Å²) in [5, 5.41) is 8.82. The van der Waals surface area contributed by atoms with Crippen molar-refractivity contribution in [2.45, 2.75) is 251 Å². The van der Waals surface area contributed by atoms with Gasteiger partial charge in [0.25, 0.3) is 0 Å². The van der Waals surface area contributed by atoms with E-state index in [9.17, 15) is 9.59 Å². The van der Waals surface area contributed by atoms with Crippen LogP contribution in [0.15, 0.2) is 0 Å². The van der Waals surface area contributed by atoms with Gasteiger partial charge in [0.15, 0.2) is 0 Å². The number of carbonyl (C=O) groups excluding carboxylic acids is 1. The molecule has 0 bridgehead atoms. The lowest BCUT2D eigenvalue weighted by Gasteiger charge is -2.18. The third-order valence-electron chi connectivity index (χ3n) is 9.58. The SMILES string of the molecule is CCCCCCCCCCCCCCCCCCC(CCCCCCCC(=O)O)OC(=O)CCCCCCCCCCCCC. The number of carbonyl (C=O) groups is 2. The molecule has 4 heteroatoms. The predicted octanol–water partition coefficient (Wildman–Crippen LogP) is 14.1. The summed E-state index contributed by atoms with van der Waals surface area (Å²) in [6, 6.07) is 0. The van der Waals surface area contributed by atoms with Gasteiger partial charge in [0.1, 0.15) is 6.10 Å². The molecule has 0 spiro atoms. The smallest absolute Gasteiger partial charge is 0.306 e. The van der Waals surface area contributed by atoms with Crippen LogP contribution in [0.4, 0.5) is 0 Å². The Labute approximate surface area is 282 Å². The second-order valence-electron chi connectivity index (χ2n) is 14.2. The minimum absolute atomic E-state index is 0.00822. The average molecular weight is 637 g/mol. The van der Waals surface area contributed by atoms with Crippen LogP contribution in [0.2, 0.25) is 0 Å². The number of rotatable bonds is 38. The molecule has 0 aromatic heterocycles. The number of aliphatic carboxylic acids is 1. The molecule has 0 aliphatic rings. The highest BCUT2D eigenvalue weighted by Gasteiger charge is 2.14. The van der Waals surface area contributed by atoms with Crippen LogP contribution >= 0.6 is 0 Å². The van der Waals surface area contributed by atoms with Crippen molar-refractivity contribution in [3.05, 3.63) is 0 Å². The van der Waals surface area contributed by atoms with E-state index < -0.39 is 5.97 Å². The Morgan fingerprint density at radius 3 is 0.978 bits per heavy atom. The van der Waals surface area contributed by atoms with Crippen molar-refractivity contribution in [3.8, 4) is 0 Å². The fourth-order valence-electron chi connectivity index (χ4n) is 6.54. The van der Waals surface area contributed by atoms with Gasteiger partial charge in [-0.05, 0) is 38.5 Å². The summed E-state index contributed by atoms with van der Waals surface area (Å²) in [5.41, 5.74) is 0. The molecule has 4 nitrogen and oxygen atoms in total. The normalized spacial score (nSPS) is 12.0. The van der Waals surface area contributed by atoms with Crippen molar-refractivity contribution in [3.63, 3.8) is 0 Å². The van der Waals surface area contributed by atoms with Gasteiger partial charge in [-0.3, -0.25) is 9.59 Å². The Balaban J connectivity index is 3.97. The van der Waals surface area contributed by atoms with Crippen LogP contribution in [-0.4, -0.2) is 23.1 Å². The first kappa shape index (κ1) is 43.9. The number of hydrogen-bond donors (Lipinski definition) is 1. The topological polar surface area (TPSA) is 63.6 Å². The summed E-state index contributed by atoms with van der Waals surface area (Å²) in [6.07, 6.45) is 44.1. The maximum absolute atomic E-state index is 12.6. The van der Waals surface area contributed by atoms with Crippen LogP contribution in [0.1, 0.15) is 245 Å². The first-order valence-electron chi connectivity index (χ1n) is 20.5. The van der Waals surface area contributed by atoms with Crippen LogP contribution < -0.4 is 0 Å². The highest BCUT2D eigenvalue weighted by molar-refractivity contribution is 5.69. The molecule has 0 fully saturated rings. The minimum Gasteiger partial charge on any atom is -0.481 e. The zero-order valence-corrected chi connectivity index (χ0v) is 30.7. The summed E-state index contributed by atoms with van der Waals surface area (Å²) in [4.78, 5) is 23.4. The molecule has 0 aromatic carbocycles. The van der Waals surface area contributed by atoms with Crippen LogP contribution in [-0.2, 0) is 14.3 Å². The molecular formula is C41H80O4. The van der Waals surface area contributed by atoms with E-state index in [-0.39, 0.29) is 18.5 Å². The van der Waals surface area contributed by atoms with E-state index >= 15 is 0 Å². The van der Waals surface area contributed by atoms with Crippen molar-refractivity contribution >= 4 is 11.9 Å². The monoisotopic (exact) mass is 637 g/mol. The van der Waals surface area contributed by atoms with E-state index in [0.29, 0.717) is 6.42 Å². The van der Waals surface area contributed by atoms with Crippen LogP contribution in [0.25, 0.3) is 0 Å². The molecule has 1 atom stereocenters. The zero-order valence-electron chi connectivity index (χ0n) is 30.7. The Morgan fingerprint density at radius 1 is 0.400 bits per heavy atom. The van der Waals surface area contributed by atoms with Gasteiger partial charge in [0.05, 0.1) is 0 Å². The maximum Gasteiger partial charge on any atom is 0.306 e. The summed E-state index contributed by atoms with van der Waals surface area (Å²) in [7, 11) is 0. The van der Waals surface area contributed by atoms with E-state index in [1.165, 1.54) is 154 Å². The van der Waals surface area contributed by atoms with Crippen LogP contribution in [0, 0.1) is 0 Å². The number of esters is 1. The predicted molar refractivity (Wildman–Crippen MR) is 195 cm³/mol. The Bertz CT molecular complexity index is 604. The van der Waals surface area contributed by atoms with Gasteiger partial charge < -0.3 is 9.84 Å². The van der Waals surface area contributed by atoms with E-state index in [1.54, 1.807) is 0 Å². The van der Waals surface area contributed by atoms with Crippen molar-refractivity contribution in [1.82, 2.24) is 0 Å². The van der Waals surface area contributed by atoms with Crippen molar-refractivity contribution in [2.75, 3.05) is 0 Å². The molecule has 1 N–H and O–H groups in total. The van der Waals surface area contributed by atoms with Gasteiger partial charge in [-0.25, -0.2) is 0 Å². The molecule has 45 heavy (non-hydrogen) atoms. The van der Waals surface area contributed by atoms with Gasteiger partial charge in [-0.15, -0.1) is 0 Å². The number of unbranched alkanes of at least 4 members (excludes halogenated alkanes) is 29. The number of carboxylic acids is 1. The fraction of sp³-hybridized carbons (Fsp3) is 0.951. The summed E-state index contributed by atoms with van der Waals surface area (Å²) < 4.78 is 6.01. The van der Waals surface area contributed by atoms with Gasteiger partial charge in [0, 0.05) is 12.8 Å². The summed E-state index contributed by atoms with van der Waals surface area (Å²) in [6.45, 7) is 4.56. The highest BCUT2D eigenvalue weighted by Crippen LogP contribution is 2.19. The standard InChI is InChI=1S/C41H80O4/c1-3-5-7-9-11-13-15-16-17-18-19-21-22-24-27-31-35-39(36-32-28-26-29-33-37-40(42)43)45-41(44)38-34-30-25-23-20-14-12-10-8-6-4-2/h39H,3-38H2,1-2H3,(H,42,43). The lowest BCUT2D eigenvalue weighted by molar-refractivity contribution is -0.150.